The fourth-order valence-corrected chi connectivity index (χ4v) is 2.18. The Morgan fingerprint density at radius 3 is 2.26 bits per heavy atom. The van der Waals surface area contributed by atoms with Crippen LogP contribution in [0.2, 0.25) is 0 Å². The third-order valence-electron chi connectivity index (χ3n) is 3.05. The second kappa shape index (κ2) is 4.53. The Hall–Kier alpha value is -2.68. The Morgan fingerprint density at radius 2 is 1.63 bits per heavy atom. The summed E-state index contributed by atoms with van der Waals surface area (Å²) < 4.78 is 0. The molecule has 0 aromatic heterocycles. The van der Waals surface area contributed by atoms with Crippen molar-refractivity contribution in [2.75, 3.05) is 0 Å². The molecule has 0 bridgehead atoms. The number of non-ortho nitro benzene ring substituents is 1. The van der Waals surface area contributed by atoms with Crippen molar-refractivity contribution in [2.45, 2.75) is 0 Å². The average molecular weight is 249 g/mol. The number of rotatable bonds is 2. The second-order valence-corrected chi connectivity index (χ2v) is 4.41. The van der Waals surface area contributed by atoms with Gasteiger partial charge in [-0.2, -0.15) is 0 Å². The molecule has 0 saturated carbocycles. The van der Waals surface area contributed by atoms with Gasteiger partial charge in [0.05, 0.1) is 4.92 Å². The molecule has 0 aliphatic heterocycles. The third kappa shape index (κ3) is 2.31. The minimum Gasteiger partial charge on any atom is -0.258 e. The van der Waals surface area contributed by atoms with Crippen LogP contribution in [0.15, 0.2) is 54.1 Å². The lowest BCUT2D eigenvalue weighted by Gasteiger charge is -1.95. The first kappa shape index (κ1) is 11.4. The molecule has 0 amide bonds. The van der Waals surface area contributed by atoms with E-state index >= 15 is 0 Å². The molecule has 1 aliphatic rings. The van der Waals surface area contributed by atoms with Gasteiger partial charge in [0.2, 0.25) is 0 Å². The normalized spacial score (nSPS) is 12.3. The Bertz CT molecular complexity index is 766. The quantitative estimate of drug-likeness (QED) is 0.605. The zero-order chi connectivity index (χ0) is 13.2. The summed E-state index contributed by atoms with van der Waals surface area (Å²) >= 11 is 0. The molecule has 19 heavy (non-hydrogen) atoms. The average Bonchev–Trinajstić information content (AvgIpc) is 2.81. The van der Waals surface area contributed by atoms with Gasteiger partial charge in [-0.1, -0.05) is 36.4 Å². The van der Waals surface area contributed by atoms with E-state index in [1.54, 1.807) is 12.1 Å². The van der Waals surface area contributed by atoms with E-state index in [9.17, 15) is 10.1 Å². The molecule has 1 aliphatic carbocycles. The van der Waals surface area contributed by atoms with Crippen molar-refractivity contribution in [3.63, 3.8) is 0 Å². The Labute approximate surface area is 110 Å². The number of nitrogens with zero attached hydrogens (tertiary/aromatic N) is 1. The lowest BCUT2D eigenvalue weighted by molar-refractivity contribution is -0.384. The second-order valence-electron chi connectivity index (χ2n) is 4.41. The van der Waals surface area contributed by atoms with Crippen LogP contribution in [0.1, 0.15) is 5.56 Å². The third-order valence-corrected chi connectivity index (χ3v) is 3.05. The van der Waals surface area contributed by atoms with Crippen molar-refractivity contribution in [1.29, 1.82) is 0 Å². The van der Waals surface area contributed by atoms with Gasteiger partial charge in [-0.3, -0.25) is 10.1 Å². The summed E-state index contributed by atoms with van der Waals surface area (Å²) in [7, 11) is 0. The van der Waals surface area contributed by atoms with Gasteiger partial charge >= 0.3 is 0 Å². The molecular formula is C16H11NO2. The van der Waals surface area contributed by atoms with Crippen molar-refractivity contribution in [2.24, 2.45) is 0 Å². The minimum atomic E-state index is -0.376. The zero-order valence-corrected chi connectivity index (χ0v) is 10.1. The van der Waals surface area contributed by atoms with Crippen LogP contribution in [-0.2, 0) is 0 Å². The van der Waals surface area contributed by atoms with Crippen LogP contribution < -0.4 is 10.4 Å². The van der Waals surface area contributed by atoms with E-state index < -0.39 is 0 Å². The van der Waals surface area contributed by atoms with Crippen LogP contribution in [0.3, 0.4) is 0 Å². The summed E-state index contributed by atoms with van der Waals surface area (Å²) in [5.74, 6) is 0. The van der Waals surface area contributed by atoms with E-state index in [1.165, 1.54) is 16.5 Å². The maximum atomic E-state index is 10.7. The van der Waals surface area contributed by atoms with Crippen LogP contribution >= 0.6 is 0 Å². The molecule has 0 saturated heterocycles. The van der Waals surface area contributed by atoms with E-state index in [2.05, 4.69) is 24.3 Å². The highest BCUT2D eigenvalue weighted by Gasteiger charge is 2.05. The minimum absolute atomic E-state index is 0.116. The standard InChI is InChI=1S/C16H11NO2/c18-17(19)16-7-3-4-12(11-16)8-13-9-14-5-1-2-6-15(14)10-13/h1-11H. The van der Waals surface area contributed by atoms with Crippen molar-refractivity contribution in [1.82, 2.24) is 0 Å². The van der Waals surface area contributed by atoms with Crippen LogP contribution in [0.5, 0.6) is 0 Å². The fourth-order valence-electron chi connectivity index (χ4n) is 2.18. The van der Waals surface area contributed by atoms with Gasteiger partial charge in [0, 0.05) is 12.1 Å². The van der Waals surface area contributed by atoms with E-state index in [0.717, 1.165) is 11.1 Å². The summed E-state index contributed by atoms with van der Waals surface area (Å²) in [5.41, 5.74) is 2.01. The smallest absolute Gasteiger partial charge is 0.258 e. The monoisotopic (exact) mass is 249 g/mol. The molecule has 92 valence electrons. The lowest BCUT2D eigenvalue weighted by atomic mass is 10.1. The van der Waals surface area contributed by atoms with Gasteiger partial charge in [-0.05, 0) is 39.8 Å². The molecular weight excluding hydrogens is 238 g/mol. The molecule has 0 heterocycles. The largest absolute Gasteiger partial charge is 0.270 e. The maximum Gasteiger partial charge on any atom is 0.270 e. The highest BCUT2D eigenvalue weighted by molar-refractivity contribution is 5.81. The van der Waals surface area contributed by atoms with Crippen molar-refractivity contribution in [3.05, 3.63) is 80.2 Å². The summed E-state index contributed by atoms with van der Waals surface area (Å²) in [6.45, 7) is 0. The first-order valence-electron chi connectivity index (χ1n) is 5.97. The van der Waals surface area contributed by atoms with E-state index in [0.29, 0.717) is 0 Å². The molecule has 3 rings (SSSR count). The van der Waals surface area contributed by atoms with E-state index in [1.807, 2.05) is 24.3 Å². The first-order chi connectivity index (χ1) is 9.22. The Morgan fingerprint density at radius 1 is 0.947 bits per heavy atom. The van der Waals surface area contributed by atoms with E-state index in [4.69, 9.17) is 0 Å². The van der Waals surface area contributed by atoms with E-state index in [-0.39, 0.29) is 10.6 Å². The summed E-state index contributed by atoms with van der Waals surface area (Å²) in [5, 5.41) is 13.1. The molecule has 0 unspecified atom stereocenters. The van der Waals surface area contributed by atoms with Crippen molar-refractivity contribution in [3.8, 4) is 0 Å². The number of hydrogen-bond donors (Lipinski definition) is 0. The summed E-state index contributed by atoms with van der Waals surface area (Å²) in [6, 6.07) is 14.8. The molecule has 0 atom stereocenters. The number of benzene rings is 2. The molecule has 0 N–H and O–H groups in total. The molecule has 0 radical (unpaired) electrons. The van der Waals surface area contributed by atoms with Crippen LogP contribution in [0.4, 0.5) is 5.69 Å². The van der Waals surface area contributed by atoms with Gasteiger partial charge in [0.15, 0.2) is 0 Å². The molecule has 0 fully saturated rings. The molecule has 2 aromatic rings. The summed E-state index contributed by atoms with van der Waals surface area (Å²) in [4.78, 5) is 10.4. The SMILES string of the molecule is O=[N+]([O-])c1cccc(C=C2C=c3ccccc3=C2)c1. The predicted octanol–water partition coefficient (Wildman–Crippen LogP) is 2.25. The van der Waals surface area contributed by atoms with Gasteiger partial charge in [0.1, 0.15) is 0 Å². The van der Waals surface area contributed by atoms with Gasteiger partial charge in [-0.15, -0.1) is 0 Å². The maximum absolute atomic E-state index is 10.7. The van der Waals surface area contributed by atoms with Crippen LogP contribution in [0, 0.1) is 10.1 Å². The summed E-state index contributed by atoms with van der Waals surface area (Å²) in [6.07, 6.45) is 6.11. The molecule has 3 nitrogen and oxygen atoms in total. The Kier molecular flexibility index (Phi) is 2.72. The van der Waals surface area contributed by atoms with Crippen LogP contribution in [-0.4, -0.2) is 4.92 Å². The van der Waals surface area contributed by atoms with Gasteiger partial charge in [-0.25, -0.2) is 0 Å². The number of hydrogen-bond acceptors (Lipinski definition) is 2. The number of nitro benzene ring substituents is 1. The van der Waals surface area contributed by atoms with Gasteiger partial charge < -0.3 is 0 Å². The number of fused-ring (bicyclic) bond motifs is 1. The zero-order valence-electron chi connectivity index (χ0n) is 10.1. The fraction of sp³-hybridized carbons (Fsp3) is 0. The topological polar surface area (TPSA) is 43.1 Å². The first-order valence-corrected chi connectivity index (χ1v) is 5.97. The predicted molar refractivity (Wildman–Crippen MR) is 75.7 cm³/mol. The number of nitro groups is 1. The number of allylic oxidation sites excluding steroid dienone is 1. The lowest BCUT2D eigenvalue weighted by Crippen LogP contribution is -2.19. The Balaban J connectivity index is 2.02. The highest BCUT2D eigenvalue weighted by atomic mass is 16.6. The molecule has 2 aromatic carbocycles. The van der Waals surface area contributed by atoms with Gasteiger partial charge in [0.25, 0.3) is 5.69 Å². The highest BCUT2D eigenvalue weighted by Crippen LogP contribution is 2.17. The van der Waals surface area contributed by atoms with Crippen molar-refractivity contribution < 1.29 is 4.92 Å². The van der Waals surface area contributed by atoms with Crippen LogP contribution in [0.25, 0.3) is 18.2 Å². The molecule has 3 heteroatoms. The molecule has 0 spiro atoms. The van der Waals surface area contributed by atoms with Crippen molar-refractivity contribution >= 4 is 23.9 Å².